The molecule has 0 N–H and O–H groups in total. The highest BCUT2D eigenvalue weighted by molar-refractivity contribution is 6.42. The van der Waals surface area contributed by atoms with Gasteiger partial charge in [-0.25, -0.2) is 19.3 Å². The lowest BCUT2D eigenvalue weighted by atomic mass is 9.94. The Kier molecular flexibility index (Phi) is 5.04. The van der Waals surface area contributed by atoms with Crippen LogP contribution in [0.15, 0.2) is 49.6 Å². The third-order valence-corrected chi connectivity index (χ3v) is 8.18. The van der Waals surface area contributed by atoms with Gasteiger partial charge in [0.1, 0.15) is 25.3 Å². The molecule has 4 aromatic rings. The molecule has 0 spiro atoms. The number of benzene rings is 2. The van der Waals surface area contributed by atoms with Crippen molar-refractivity contribution >= 4 is 52.2 Å². The molecule has 0 atom stereocenters. The molecule has 0 unspecified atom stereocenters. The Hall–Kier alpha value is -2.45. The molecule has 2 heterocycles. The summed E-state index contributed by atoms with van der Waals surface area (Å²) in [5, 5.41) is 10.1. The van der Waals surface area contributed by atoms with Crippen molar-refractivity contribution in [2.45, 2.75) is 36.8 Å². The van der Waals surface area contributed by atoms with Gasteiger partial charge in [0.2, 0.25) is 0 Å². The van der Waals surface area contributed by atoms with Crippen LogP contribution in [0.1, 0.15) is 52.7 Å². The van der Waals surface area contributed by atoms with Gasteiger partial charge in [-0.3, -0.25) is 4.79 Å². The van der Waals surface area contributed by atoms with Crippen molar-refractivity contribution in [3.8, 4) is 0 Å². The van der Waals surface area contributed by atoms with E-state index in [0.717, 1.165) is 25.7 Å². The maximum atomic E-state index is 13.8. The average molecular weight is 534 g/mol. The summed E-state index contributed by atoms with van der Waals surface area (Å²) < 4.78 is 3.49. The van der Waals surface area contributed by atoms with E-state index >= 15 is 0 Å². The van der Waals surface area contributed by atoms with E-state index in [1.165, 1.54) is 12.7 Å². The molecule has 172 valence electrons. The first-order valence-electron chi connectivity index (χ1n) is 10.6. The minimum atomic E-state index is -0.513. The number of aromatic nitrogens is 6. The average Bonchev–Trinajstić information content (AvgIpc) is 3.63. The van der Waals surface area contributed by atoms with Gasteiger partial charge in [0.05, 0.1) is 21.1 Å². The summed E-state index contributed by atoms with van der Waals surface area (Å²) in [6.45, 7) is 0. The van der Waals surface area contributed by atoms with Gasteiger partial charge in [-0.1, -0.05) is 46.4 Å². The topological polar surface area (TPSA) is 78.5 Å². The van der Waals surface area contributed by atoms with E-state index in [2.05, 4.69) is 20.2 Å². The Morgan fingerprint density at radius 1 is 0.706 bits per heavy atom. The Labute approximate surface area is 214 Å². The van der Waals surface area contributed by atoms with Crippen molar-refractivity contribution in [2.75, 3.05) is 0 Å². The van der Waals surface area contributed by atoms with Gasteiger partial charge in [-0.15, -0.1) is 0 Å². The van der Waals surface area contributed by atoms with E-state index in [9.17, 15) is 4.79 Å². The number of carbonyl (C=O) groups excluding carboxylic acids is 1. The first-order chi connectivity index (χ1) is 16.4. The Balaban J connectivity index is 1.46. The number of rotatable bonds is 6. The van der Waals surface area contributed by atoms with Gasteiger partial charge < -0.3 is 0 Å². The molecule has 0 amide bonds. The van der Waals surface area contributed by atoms with Crippen molar-refractivity contribution in [1.82, 2.24) is 29.5 Å². The van der Waals surface area contributed by atoms with Crippen LogP contribution in [-0.2, 0) is 11.1 Å². The molecule has 11 heteroatoms. The highest BCUT2D eigenvalue weighted by Gasteiger charge is 2.52. The van der Waals surface area contributed by atoms with Crippen molar-refractivity contribution < 1.29 is 4.79 Å². The molecule has 7 nitrogen and oxygen atoms in total. The van der Waals surface area contributed by atoms with Gasteiger partial charge in [-0.2, -0.15) is 10.2 Å². The van der Waals surface area contributed by atoms with Gasteiger partial charge in [0.25, 0.3) is 0 Å². The van der Waals surface area contributed by atoms with E-state index < -0.39 is 11.1 Å². The maximum Gasteiger partial charge on any atom is 0.196 e. The minimum absolute atomic E-state index is 0.287. The van der Waals surface area contributed by atoms with E-state index in [4.69, 9.17) is 46.4 Å². The Morgan fingerprint density at radius 2 is 1.12 bits per heavy atom. The standard InChI is InChI=1S/C23H16Cl4N6O/c24-15-3-1-13(19(26)17(15)22(5-6-22)32-11-28-9-30-32)21(34)14-2-4-16(25)18(20(14)27)23(7-8-23)33-12-29-10-31-33/h1-4,9-12H,5-8H2. The molecule has 0 saturated heterocycles. The number of halogens is 4. The first-order valence-corrected chi connectivity index (χ1v) is 12.1. The monoisotopic (exact) mass is 532 g/mol. The summed E-state index contributed by atoms with van der Waals surface area (Å²) in [6, 6.07) is 6.64. The zero-order valence-electron chi connectivity index (χ0n) is 17.6. The molecule has 0 bridgehead atoms. The van der Waals surface area contributed by atoms with Crippen LogP contribution in [0, 0.1) is 0 Å². The van der Waals surface area contributed by atoms with Crippen molar-refractivity contribution in [3.63, 3.8) is 0 Å². The summed E-state index contributed by atoms with van der Waals surface area (Å²) in [6.07, 6.45) is 9.37. The lowest BCUT2D eigenvalue weighted by molar-refractivity contribution is 0.103. The maximum absolute atomic E-state index is 13.8. The van der Waals surface area contributed by atoms with Gasteiger partial charge >= 0.3 is 0 Å². The molecule has 2 aromatic carbocycles. The molecule has 6 rings (SSSR count). The third-order valence-electron chi connectivity index (χ3n) is 6.76. The minimum Gasteiger partial charge on any atom is -0.288 e. The smallest absolute Gasteiger partial charge is 0.196 e. The highest BCUT2D eigenvalue weighted by Crippen LogP contribution is 2.55. The Bertz CT molecular complexity index is 1320. The summed E-state index contributed by atoms with van der Waals surface area (Å²) in [5.74, 6) is -0.311. The molecular weight excluding hydrogens is 518 g/mol. The van der Waals surface area contributed by atoms with E-state index in [-0.39, 0.29) is 15.8 Å². The molecule has 2 aromatic heterocycles. The molecule has 2 fully saturated rings. The fourth-order valence-electron chi connectivity index (χ4n) is 4.74. The number of carbonyl (C=O) groups is 1. The SMILES string of the molecule is O=C(c1ccc(Cl)c(C2(n3cncn3)CC2)c1Cl)c1ccc(Cl)c(C2(n3cncn3)CC2)c1Cl. The fraction of sp³-hybridized carbons (Fsp3) is 0.261. The number of hydrogen-bond donors (Lipinski definition) is 0. The van der Waals surface area contributed by atoms with Crippen molar-refractivity contribution in [1.29, 1.82) is 0 Å². The summed E-state index contributed by atoms with van der Waals surface area (Å²) in [7, 11) is 0. The predicted molar refractivity (Wildman–Crippen MR) is 129 cm³/mol. The summed E-state index contributed by atoms with van der Waals surface area (Å²) in [4.78, 5) is 21.9. The molecule has 34 heavy (non-hydrogen) atoms. The van der Waals surface area contributed by atoms with Crippen LogP contribution in [0.3, 0.4) is 0 Å². The van der Waals surface area contributed by atoms with Crippen LogP contribution in [0.2, 0.25) is 20.1 Å². The zero-order chi connectivity index (χ0) is 23.7. The van der Waals surface area contributed by atoms with Crippen LogP contribution >= 0.6 is 46.4 Å². The lowest BCUT2D eigenvalue weighted by Gasteiger charge is -2.22. The normalized spacial score (nSPS) is 17.5. The first kappa shape index (κ1) is 22.0. The highest BCUT2D eigenvalue weighted by atomic mass is 35.5. The summed E-state index contributed by atoms with van der Waals surface area (Å²) >= 11 is 26.9. The van der Waals surface area contributed by atoms with E-state index in [1.807, 2.05) is 0 Å². The zero-order valence-corrected chi connectivity index (χ0v) is 20.6. The fourth-order valence-corrected chi connectivity index (χ4v) is 6.35. The van der Waals surface area contributed by atoms with Gasteiger partial charge in [0, 0.05) is 32.3 Å². The molecular formula is C23H16Cl4N6O. The van der Waals surface area contributed by atoms with Gasteiger partial charge in [0.15, 0.2) is 5.78 Å². The van der Waals surface area contributed by atoms with Gasteiger partial charge in [-0.05, 0) is 49.9 Å². The largest absolute Gasteiger partial charge is 0.288 e. The van der Waals surface area contributed by atoms with Crippen LogP contribution < -0.4 is 0 Å². The summed E-state index contributed by atoms with van der Waals surface area (Å²) in [5.41, 5.74) is 0.932. The second kappa shape index (κ2) is 7.78. The van der Waals surface area contributed by atoms with Crippen LogP contribution in [0.4, 0.5) is 0 Å². The molecule has 0 radical (unpaired) electrons. The van der Waals surface area contributed by atoms with E-state index in [0.29, 0.717) is 32.3 Å². The second-order valence-corrected chi connectivity index (χ2v) is 10.2. The predicted octanol–water partition coefficient (Wildman–Crippen LogP) is 5.79. The number of ketones is 1. The quantitative estimate of drug-likeness (QED) is 0.293. The van der Waals surface area contributed by atoms with Crippen molar-refractivity contribution in [3.05, 3.63) is 91.9 Å². The Morgan fingerprint density at radius 3 is 1.44 bits per heavy atom. The van der Waals surface area contributed by atoms with Crippen LogP contribution in [0.5, 0.6) is 0 Å². The van der Waals surface area contributed by atoms with Crippen molar-refractivity contribution in [2.24, 2.45) is 0 Å². The third kappa shape index (κ3) is 3.14. The molecule has 0 aliphatic heterocycles. The number of hydrogen-bond acceptors (Lipinski definition) is 5. The van der Waals surface area contributed by atoms with Crippen LogP contribution in [-0.4, -0.2) is 35.3 Å². The molecule has 2 aliphatic rings. The number of nitrogens with zero attached hydrogens (tertiary/aromatic N) is 6. The van der Waals surface area contributed by atoms with E-state index in [1.54, 1.807) is 46.3 Å². The molecule has 2 aliphatic carbocycles. The lowest BCUT2D eigenvalue weighted by Crippen LogP contribution is -2.22. The molecule has 2 saturated carbocycles. The van der Waals surface area contributed by atoms with Crippen LogP contribution in [0.25, 0.3) is 0 Å². The second-order valence-electron chi connectivity index (χ2n) is 8.64.